The fourth-order valence-corrected chi connectivity index (χ4v) is 4.02. The average Bonchev–Trinajstić information content (AvgIpc) is 2.79. The van der Waals surface area contributed by atoms with Crippen LogP contribution in [0.25, 0.3) is 0 Å². The van der Waals surface area contributed by atoms with Crippen LogP contribution in [-0.2, 0) is 21.4 Å². The summed E-state index contributed by atoms with van der Waals surface area (Å²) < 4.78 is 27.1. The molecule has 0 saturated carbocycles. The van der Waals surface area contributed by atoms with Crippen molar-refractivity contribution in [3.63, 3.8) is 0 Å². The first-order valence-corrected chi connectivity index (χ1v) is 9.71. The van der Waals surface area contributed by atoms with E-state index in [9.17, 15) is 13.2 Å². The largest absolute Gasteiger partial charge is 0.341 e. The summed E-state index contributed by atoms with van der Waals surface area (Å²) in [5.41, 5.74) is 2.36. The molecule has 0 radical (unpaired) electrons. The minimum Gasteiger partial charge on any atom is -0.341 e. The highest BCUT2D eigenvalue weighted by atomic mass is 32.2. The van der Waals surface area contributed by atoms with Gasteiger partial charge in [-0.15, -0.1) is 0 Å². The van der Waals surface area contributed by atoms with E-state index < -0.39 is 10.2 Å². The van der Waals surface area contributed by atoms with E-state index in [1.54, 1.807) is 4.90 Å². The normalized spacial score (nSPS) is 17.1. The third kappa shape index (κ3) is 4.78. The smallest absolute Gasteiger partial charge is 0.281 e. The van der Waals surface area contributed by atoms with E-state index in [1.165, 1.54) is 28.3 Å². The minimum absolute atomic E-state index is 0.0978. The lowest BCUT2D eigenvalue weighted by molar-refractivity contribution is -0.131. The van der Waals surface area contributed by atoms with Crippen LogP contribution in [0.2, 0.25) is 0 Å². The number of hydrogen-bond acceptors (Lipinski definition) is 3. The summed E-state index contributed by atoms with van der Waals surface area (Å²) in [4.78, 5) is 14.2. The van der Waals surface area contributed by atoms with Crippen molar-refractivity contribution in [2.75, 3.05) is 40.3 Å². The molecule has 1 amide bonds. The number of rotatable bonds is 5. The van der Waals surface area contributed by atoms with E-state index >= 15 is 0 Å². The van der Waals surface area contributed by atoms with Gasteiger partial charge in [-0.2, -0.15) is 17.0 Å². The number of hydrogen-bond donors (Lipinski definition) is 0. The van der Waals surface area contributed by atoms with Crippen molar-refractivity contribution in [1.82, 2.24) is 13.5 Å². The molecule has 0 unspecified atom stereocenters. The second-order valence-electron chi connectivity index (χ2n) is 6.41. The van der Waals surface area contributed by atoms with E-state index in [0.29, 0.717) is 39.0 Å². The predicted molar refractivity (Wildman–Crippen MR) is 94.9 cm³/mol. The molecule has 1 saturated heterocycles. The fourth-order valence-electron chi connectivity index (χ4n) is 2.88. The summed E-state index contributed by atoms with van der Waals surface area (Å²) in [6, 6.07) is 8.18. The average molecular weight is 353 g/mol. The van der Waals surface area contributed by atoms with Gasteiger partial charge in [0.2, 0.25) is 5.91 Å². The zero-order valence-corrected chi connectivity index (χ0v) is 15.6. The maximum Gasteiger partial charge on any atom is 0.281 e. The molecule has 0 aliphatic carbocycles. The standard InChI is InChI=1S/C17H27N3O3S/c1-15-6-4-7-16(14-15)8-9-17(21)19-10-5-11-20(13-12-19)24(22,23)18(2)3/h4,6-7,14H,5,8-13H2,1-3H3. The molecule has 1 heterocycles. The van der Waals surface area contributed by atoms with Gasteiger partial charge in [-0.1, -0.05) is 29.8 Å². The van der Waals surface area contributed by atoms with Crippen molar-refractivity contribution in [3.05, 3.63) is 35.4 Å². The van der Waals surface area contributed by atoms with Crippen molar-refractivity contribution < 1.29 is 13.2 Å². The Bertz CT molecular complexity index is 673. The van der Waals surface area contributed by atoms with Crippen LogP contribution in [0, 0.1) is 6.92 Å². The van der Waals surface area contributed by atoms with Crippen molar-refractivity contribution in [2.45, 2.75) is 26.2 Å². The van der Waals surface area contributed by atoms with Gasteiger partial charge in [-0.3, -0.25) is 4.79 Å². The Kier molecular flexibility index (Phi) is 6.37. The molecule has 0 spiro atoms. The topological polar surface area (TPSA) is 60.9 Å². The van der Waals surface area contributed by atoms with Gasteiger partial charge in [0.05, 0.1) is 0 Å². The highest BCUT2D eigenvalue weighted by Crippen LogP contribution is 2.13. The molecule has 0 bridgehead atoms. The molecule has 7 heteroatoms. The highest BCUT2D eigenvalue weighted by molar-refractivity contribution is 7.86. The predicted octanol–water partition coefficient (Wildman–Crippen LogP) is 1.27. The van der Waals surface area contributed by atoms with Crippen molar-refractivity contribution in [3.8, 4) is 0 Å². The van der Waals surface area contributed by atoms with Crippen LogP contribution in [-0.4, -0.2) is 68.1 Å². The lowest BCUT2D eigenvalue weighted by Crippen LogP contribution is -2.42. The van der Waals surface area contributed by atoms with Gasteiger partial charge in [0.15, 0.2) is 0 Å². The van der Waals surface area contributed by atoms with E-state index in [0.717, 1.165) is 12.0 Å². The van der Waals surface area contributed by atoms with Crippen LogP contribution in [0.1, 0.15) is 24.0 Å². The first-order valence-electron chi connectivity index (χ1n) is 8.31. The van der Waals surface area contributed by atoms with Gasteiger partial charge in [0.25, 0.3) is 10.2 Å². The number of nitrogens with zero attached hydrogens (tertiary/aromatic N) is 3. The van der Waals surface area contributed by atoms with Crippen molar-refractivity contribution >= 4 is 16.1 Å². The lowest BCUT2D eigenvalue weighted by atomic mass is 10.1. The van der Waals surface area contributed by atoms with Gasteiger partial charge in [-0.05, 0) is 25.3 Å². The molecular formula is C17H27N3O3S. The van der Waals surface area contributed by atoms with Crippen LogP contribution in [0.3, 0.4) is 0 Å². The van der Waals surface area contributed by atoms with Gasteiger partial charge >= 0.3 is 0 Å². The minimum atomic E-state index is -3.40. The first-order chi connectivity index (χ1) is 11.3. The van der Waals surface area contributed by atoms with E-state index in [2.05, 4.69) is 6.07 Å². The Morgan fingerprint density at radius 2 is 1.92 bits per heavy atom. The molecule has 1 fully saturated rings. The Balaban J connectivity index is 1.90. The number of carbonyl (C=O) groups excluding carboxylic acids is 1. The molecule has 6 nitrogen and oxygen atoms in total. The van der Waals surface area contributed by atoms with Crippen LogP contribution in [0.4, 0.5) is 0 Å². The van der Waals surface area contributed by atoms with E-state index in [4.69, 9.17) is 0 Å². The van der Waals surface area contributed by atoms with Crippen LogP contribution in [0.15, 0.2) is 24.3 Å². The summed E-state index contributed by atoms with van der Waals surface area (Å²) in [7, 11) is -0.338. The summed E-state index contributed by atoms with van der Waals surface area (Å²) in [6.45, 7) is 3.94. The van der Waals surface area contributed by atoms with Gasteiger partial charge in [0.1, 0.15) is 0 Å². The van der Waals surface area contributed by atoms with Crippen LogP contribution < -0.4 is 0 Å². The van der Waals surface area contributed by atoms with Gasteiger partial charge in [-0.25, -0.2) is 0 Å². The highest BCUT2D eigenvalue weighted by Gasteiger charge is 2.28. The maximum absolute atomic E-state index is 12.4. The molecule has 0 N–H and O–H groups in total. The molecular weight excluding hydrogens is 326 g/mol. The Hall–Kier alpha value is -1.44. The molecule has 1 aromatic rings. The Morgan fingerprint density at radius 3 is 2.58 bits per heavy atom. The summed E-state index contributed by atoms with van der Waals surface area (Å²) in [5, 5.41) is 0. The van der Waals surface area contributed by atoms with Crippen molar-refractivity contribution in [1.29, 1.82) is 0 Å². The first kappa shape index (κ1) is 18.9. The summed E-state index contributed by atoms with van der Waals surface area (Å²) in [6.07, 6.45) is 1.85. The molecule has 134 valence electrons. The monoisotopic (exact) mass is 353 g/mol. The fraction of sp³-hybridized carbons (Fsp3) is 0.588. The maximum atomic E-state index is 12.4. The molecule has 2 rings (SSSR count). The van der Waals surface area contributed by atoms with Crippen LogP contribution >= 0.6 is 0 Å². The zero-order chi connectivity index (χ0) is 17.7. The molecule has 1 aromatic carbocycles. The second kappa shape index (κ2) is 8.09. The molecule has 0 aromatic heterocycles. The van der Waals surface area contributed by atoms with E-state index in [-0.39, 0.29) is 5.91 Å². The number of amides is 1. The Labute approximate surface area is 145 Å². The van der Waals surface area contributed by atoms with E-state index in [1.807, 2.05) is 25.1 Å². The lowest BCUT2D eigenvalue weighted by Gasteiger charge is -2.24. The SMILES string of the molecule is Cc1cccc(CCC(=O)N2CCCN(S(=O)(=O)N(C)C)CC2)c1. The number of carbonyl (C=O) groups is 1. The molecule has 0 atom stereocenters. The Morgan fingerprint density at radius 1 is 1.17 bits per heavy atom. The number of aryl methyl sites for hydroxylation is 2. The van der Waals surface area contributed by atoms with Crippen molar-refractivity contribution in [2.24, 2.45) is 0 Å². The summed E-state index contributed by atoms with van der Waals surface area (Å²) >= 11 is 0. The molecule has 1 aliphatic rings. The zero-order valence-electron chi connectivity index (χ0n) is 14.7. The van der Waals surface area contributed by atoms with Gasteiger partial charge in [0, 0.05) is 46.7 Å². The number of benzene rings is 1. The quantitative estimate of drug-likeness (QED) is 0.801. The van der Waals surface area contributed by atoms with Crippen LogP contribution in [0.5, 0.6) is 0 Å². The second-order valence-corrected chi connectivity index (χ2v) is 8.55. The molecule has 24 heavy (non-hydrogen) atoms. The van der Waals surface area contributed by atoms with Gasteiger partial charge < -0.3 is 4.90 Å². The summed E-state index contributed by atoms with van der Waals surface area (Å²) in [5.74, 6) is 0.0978. The third-order valence-electron chi connectivity index (χ3n) is 4.31. The third-order valence-corrected chi connectivity index (χ3v) is 6.25. The molecule has 1 aliphatic heterocycles.